The lowest BCUT2D eigenvalue weighted by Crippen LogP contribution is -2.46. The van der Waals surface area contributed by atoms with Gasteiger partial charge in [-0.25, -0.2) is 0 Å². The molecule has 1 aromatic heterocycles. The number of alkyl halides is 6. The summed E-state index contributed by atoms with van der Waals surface area (Å²) < 4.78 is 77.8. The molecule has 2 N–H and O–H groups in total. The van der Waals surface area contributed by atoms with Crippen molar-refractivity contribution in [3.05, 3.63) is 24.0 Å². The first-order valence-electron chi connectivity index (χ1n) is 4.57. The van der Waals surface area contributed by atoms with Gasteiger partial charge in [0.2, 0.25) is 0 Å². The van der Waals surface area contributed by atoms with Crippen LogP contribution < -0.4 is 10.5 Å². The zero-order valence-electron chi connectivity index (χ0n) is 8.92. The third kappa shape index (κ3) is 3.94. The van der Waals surface area contributed by atoms with E-state index in [9.17, 15) is 26.3 Å². The fourth-order valence-electron chi connectivity index (χ4n) is 1.12. The molecular formula is C9H6F6N2OS. The number of aromatic nitrogens is 1. The lowest BCUT2D eigenvalue weighted by Gasteiger charge is -2.24. The number of halogens is 6. The summed E-state index contributed by atoms with van der Waals surface area (Å²) in [5.41, 5.74) is 4.91. The average molecular weight is 304 g/mol. The number of thiocarbonyl (C=S) groups is 1. The summed E-state index contributed by atoms with van der Waals surface area (Å²) in [6.45, 7) is 0. The largest absolute Gasteiger partial charge is 0.469 e. The third-order valence-corrected chi connectivity index (χ3v) is 2.11. The maximum Gasteiger partial charge on any atom is 0.434 e. The van der Waals surface area contributed by atoms with Gasteiger partial charge < -0.3 is 10.5 Å². The van der Waals surface area contributed by atoms with E-state index in [0.29, 0.717) is 6.20 Å². The van der Waals surface area contributed by atoms with Crippen molar-refractivity contribution in [3.63, 3.8) is 0 Å². The standard InChI is InChI=1S/C9H6F6N2OS/c10-8(11,12)7(9(13,14)15)18-5-3-17-2-1-4(5)6(16)19/h1-3,7H,(H2,16,19). The van der Waals surface area contributed by atoms with Gasteiger partial charge in [-0.3, -0.25) is 4.98 Å². The van der Waals surface area contributed by atoms with Gasteiger partial charge in [0, 0.05) is 6.20 Å². The Morgan fingerprint density at radius 1 is 1.21 bits per heavy atom. The zero-order valence-corrected chi connectivity index (χ0v) is 9.73. The van der Waals surface area contributed by atoms with Crippen molar-refractivity contribution in [3.8, 4) is 5.75 Å². The van der Waals surface area contributed by atoms with Gasteiger partial charge in [-0.2, -0.15) is 26.3 Å². The molecule has 0 aliphatic heterocycles. The number of pyridine rings is 1. The fourth-order valence-corrected chi connectivity index (χ4v) is 1.29. The van der Waals surface area contributed by atoms with Crippen LogP contribution in [0.25, 0.3) is 0 Å². The van der Waals surface area contributed by atoms with Crippen LogP contribution in [0, 0.1) is 0 Å². The van der Waals surface area contributed by atoms with Crippen molar-refractivity contribution in [2.24, 2.45) is 5.73 Å². The van der Waals surface area contributed by atoms with Gasteiger partial charge in [0.1, 0.15) is 10.7 Å². The number of hydrogen-bond acceptors (Lipinski definition) is 3. The van der Waals surface area contributed by atoms with Gasteiger partial charge in [0.25, 0.3) is 6.10 Å². The first-order valence-corrected chi connectivity index (χ1v) is 4.98. The first kappa shape index (κ1) is 15.5. The summed E-state index contributed by atoms with van der Waals surface area (Å²) in [6, 6.07) is 1.06. The Kier molecular flexibility index (Phi) is 4.23. The summed E-state index contributed by atoms with van der Waals surface area (Å²) in [5, 5.41) is 0. The van der Waals surface area contributed by atoms with E-state index in [1.807, 2.05) is 0 Å². The van der Waals surface area contributed by atoms with Gasteiger partial charge in [-0.1, -0.05) is 12.2 Å². The monoisotopic (exact) mass is 304 g/mol. The Bertz CT molecular complexity index is 459. The molecule has 0 saturated heterocycles. The molecule has 0 bridgehead atoms. The van der Waals surface area contributed by atoms with Crippen molar-refractivity contribution in [2.75, 3.05) is 0 Å². The fraction of sp³-hybridized carbons (Fsp3) is 0.333. The predicted molar refractivity (Wildman–Crippen MR) is 56.7 cm³/mol. The summed E-state index contributed by atoms with van der Waals surface area (Å²) >= 11 is 4.50. The van der Waals surface area contributed by atoms with Crippen LogP contribution in [0.5, 0.6) is 5.75 Å². The van der Waals surface area contributed by atoms with Gasteiger partial charge in [-0.05, 0) is 6.07 Å². The van der Waals surface area contributed by atoms with Crippen molar-refractivity contribution in [1.29, 1.82) is 0 Å². The zero-order chi connectivity index (χ0) is 14.8. The Morgan fingerprint density at radius 2 is 1.74 bits per heavy atom. The van der Waals surface area contributed by atoms with E-state index in [1.165, 1.54) is 0 Å². The highest BCUT2D eigenvalue weighted by Gasteiger charge is 2.59. The minimum atomic E-state index is -5.62. The van der Waals surface area contributed by atoms with E-state index >= 15 is 0 Å². The quantitative estimate of drug-likeness (QED) is 0.689. The summed E-state index contributed by atoms with van der Waals surface area (Å²) in [5.74, 6) is -0.783. The number of ether oxygens (including phenoxy) is 1. The molecule has 0 aliphatic rings. The Morgan fingerprint density at radius 3 is 2.16 bits per heavy atom. The Balaban J connectivity index is 3.15. The molecule has 3 nitrogen and oxygen atoms in total. The van der Waals surface area contributed by atoms with Crippen molar-refractivity contribution in [1.82, 2.24) is 4.98 Å². The van der Waals surface area contributed by atoms with Crippen molar-refractivity contribution < 1.29 is 31.1 Å². The molecule has 0 atom stereocenters. The lowest BCUT2D eigenvalue weighted by atomic mass is 10.2. The van der Waals surface area contributed by atoms with Gasteiger partial charge in [-0.15, -0.1) is 0 Å². The lowest BCUT2D eigenvalue weighted by molar-refractivity contribution is -0.299. The third-order valence-electron chi connectivity index (χ3n) is 1.89. The minimum Gasteiger partial charge on any atom is -0.469 e. The molecule has 0 spiro atoms. The van der Waals surface area contributed by atoms with E-state index in [2.05, 4.69) is 21.9 Å². The second-order valence-electron chi connectivity index (χ2n) is 3.32. The second-order valence-corrected chi connectivity index (χ2v) is 3.76. The van der Waals surface area contributed by atoms with Gasteiger partial charge >= 0.3 is 12.4 Å². The van der Waals surface area contributed by atoms with Crippen LogP contribution in [0.1, 0.15) is 5.56 Å². The van der Waals surface area contributed by atoms with E-state index < -0.39 is 29.2 Å². The maximum atomic E-state index is 12.3. The normalized spacial score (nSPS) is 12.6. The minimum absolute atomic E-state index is 0.261. The number of nitrogens with zero attached hydrogens (tertiary/aromatic N) is 1. The number of nitrogens with two attached hydrogens (primary N) is 1. The summed E-state index contributed by atoms with van der Waals surface area (Å²) in [7, 11) is 0. The van der Waals surface area contributed by atoms with E-state index in [0.717, 1.165) is 12.3 Å². The molecule has 10 heteroatoms. The van der Waals surface area contributed by atoms with Crippen LogP contribution in [-0.4, -0.2) is 28.4 Å². The molecule has 19 heavy (non-hydrogen) atoms. The molecule has 0 fully saturated rings. The topological polar surface area (TPSA) is 48.1 Å². The highest BCUT2D eigenvalue weighted by Crippen LogP contribution is 2.37. The molecule has 0 saturated carbocycles. The second kappa shape index (κ2) is 5.19. The molecule has 1 rings (SSSR count). The van der Waals surface area contributed by atoms with E-state index in [4.69, 9.17) is 5.73 Å². The molecule has 1 aromatic rings. The molecular weight excluding hydrogens is 298 g/mol. The highest BCUT2D eigenvalue weighted by atomic mass is 32.1. The predicted octanol–water partition coefficient (Wildman–Crippen LogP) is 2.59. The van der Waals surface area contributed by atoms with Gasteiger partial charge in [0.05, 0.1) is 11.8 Å². The van der Waals surface area contributed by atoms with Crippen LogP contribution in [0.2, 0.25) is 0 Å². The average Bonchev–Trinajstić information content (AvgIpc) is 2.23. The SMILES string of the molecule is NC(=S)c1ccncc1OC(C(F)(F)F)C(F)(F)F. The molecule has 106 valence electrons. The van der Waals surface area contributed by atoms with E-state index in [1.54, 1.807) is 0 Å². The van der Waals surface area contributed by atoms with Crippen molar-refractivity contribution >= 4 is 17.2 Å². The summed E-state index contributed by atoms with van der Waals surface area (Å²) in [4.78, 5) is 2.97. The number of hydrogen-bond donors (Lipinski definition) is 1. The molecule has 0 radical (unpaired) electrons. The number of rotatable bonds is 3. The molecule has 0 aromatic carbocycles. The van der Waals surface area contributed by atoms with Gasteiger partial charge in [0.15, 0.2) is 0 Å². The molecule has 0 aliphatic carbocycles. The van der Waals surface area contributed by atoms with Crippen LogP contribution in [0.15, 0.2) is 18.5 Å². The van der Waals surface area contributed by atoms with Crippen LogP contribution >= 0.6 is 12.2 Å². The molecule has 0 unspecified atom stereocenters. The highest BCUT2D eigenvalue weighted by molar-refractivity contribution is 7.80. The first-order chi connectivity index (χ1) is 8.53. The maximum absolute atomic E-state index is 12.3. The van der Waals surface area contributed by atoms with E-state index in [-0.39, 0.29) is 5.56 Å². The van der Waals surface area contributed by atoms with Crippen LogP contribution in [0.3, 0.4) is 0 Å². The Labute approximate surface area is 108 Å². The molecule has 0 amide bonds. The molecule has 1 heterocycles. The summed E-state index contributed by atoms with van der Waals surface area (Å²) in [6.07, 6.45) is -13.4. The Hall–Kier alpha value is -1.58. The smallest absolute Gasteiger partial charge is 0.434 e. The van der Waals surface area contributed by atoms with Crippen LogP contribution in [-0.2, 0) is 0 Å². The van der Waals surface area contributed by atoms with Crippen molar-refractivity contribution in [2.45, 2.75) is 18.5 Å². The van der Waals surface area contributed by atoms with Crippen LogP contribution in [0.4, 0.5) is 26.3 Å².